The van der Waals surface area contributed by atoms with E-state index in [9.17, 15) is 4.79 Å². The Labute approximate surface area is 107 Å². The summed E-state index contributed by atoms with van der Waals surface area (Å²) < 4.78 is 0. The van der Waals surface area contributed by atoms with Crippen LogP contribution in [0.25, 0.3) is 0 Å². The molecule has 1 saturated carbocycles. The van der Waals surface area contributed by atoms with Crippen LogP contribution in [-0.4, -0.2) is 24.0 Å². The van der Waals surface area contributed by atoms with E-state index in [-0.39, 0.29) is 12.5 Å². The highest BCUT2D eigenvalue weighted by atomic mass is 16.1. The molecule has 2 rings (SSSR count). The van der Waals surface area contributed by atoms with Gasteiger partial charge in [0.05, 0.1) is 12.1 Å². The van der Waals surface area contributed by atoms with Gasteiger partial charge < -0.3 is 11.1 Å². The molecule has 0 spiro atoms. The fourth-order valence-corrected chi connectivity index (χ4v) is 1.82. The van der Waals surface area contributed by atoms with Crippen LogP contribution in [0.5, 0.6) is 0 Å². The number of hydrogen-bond acceptors (Lipinski definition) is 3. The molecular formula is C14H17N3O. The molecule has 1 amide bonds. The van der Waals surface area contributed by atoms with Crippen molar-refractivity contribution in [1.82, 2.24) is 10.3 Å². The van der Waals surface area contributed by atoms with Crippen molar-refractivity contribution >= 4 is 5.91 Å². The number of pyridine rings is 1. The zero-order chi connectivity index (χ0) is 13.0. The summed E-state index contributed by atoms with van der Waals surface area (Å²) >= 11 is 0. The van der Waals surface area contributed by atoms with E-state index >= 15 is 0 Å². The Morgan fingerprint density at radius 2 is 2.44 bits per heavy atom. The second-order valence-electron chi connectivity index (χ2n) is 4.59. The van der Waals surface area contributed by atoms with E-state index in [1.807, 2.05) is 0 Å². The zero-order valence-corrected chi connectivity index (χ0v) is 10.4. The molecular weight excluding hydrogens is 226 g/mol. The Hall–Kier alpha value is -1.86. The van der Waals surface area contributed by atoms with Gasteiger partial charge in [-0.15, -0.1) is 0 Å². The van der Waals surface area contributed by atoms with Gasteiger partial charge in [-0.05, 0) is 30.4 Å². The first-order valence-corrected chi connectivity index (χ1v) is 6.14. The molecule has 0 saturated heterocycles. The summed E-state index contributed by atoms with van der Waals surface area (Å²) in [4.78, 5) is 16.1. The largest absolute Gasteiger partial charge is 0.350 e. The summed E-state index contributed by atoms with van der Waals surface area (Å²) in [5.41, 5.74) is 6.34. The third-order valence-corrected chi connectivity index (χ3v) is 3.15. The van der Waals surface area contributed by atoms with Crippen LogP contribution in [0.1, 0.15) is 29.4 Å². The molecule has 18 heavy (non-hydrogen) atoms. The number of carbonyl (C=O) groups excluding carboxylic acids is 1. The standard InChI is InChI=1S/C14H17N3O/c1-10-8-12(10)9-17-14(18)13-11(4-2-6-15)5-3-7-16-13/h3,5,7,10,12H,6,8-9,15H2,1H3,(H,17,18). The molecule has 1 aromatic rings. The number of rotatable bonds is 3. The van der Waals surface area contributed by atoms with Gasteiger partial charge in [-0.1, -0.05) is 18.8 Å². The topological polar surface area (TPSA) is 68.0 Å². The van der Waals surface area contributed by atoms with Crippen molar-refractivity contribution in [2.45, 2.75) is 13.3 Å². The van der Waals surface area contributed by atoms with E-state index in [1.54, 1.807) is 18.3 Å². The van der Waals surface area contributed by atoms with Gasteiger partial charge >= 0.3 is 0 Å². The van der Waals surface area contributed by atoms with Crippen LogP contribution in [0.4, 0.5) is 0 Å². The smallest absolute Gasteiger partial charge is 0.271 e. The summed E-state index contributed by atoms with van der Waals surface area (Å²) in [6.45, 7) is 3.19. The maximum Gasteiger partial charge on any atom is 0.271 e. The van der Waals surface area contributed by atoms with Crippen LogP contribution in [0.3, 0.4) is 0 Å². The molecule has 4 heteroatoms. The van der Waals surface area contributed by atoms with Crippen molar-refractivity contribution in [2.75, 3.05) is 13.1 Å². The predicted molar refractivity (Wildman–Crippen MR) is 69.8 cm³/mol. The molecule has 1 aromatic heterocycles. The van der Waals surface area contributed by atoms with Crippen LogP contribution in [0.15, 0.2) is 18.3 Å². The predicted octanol–water partition coefficient (Wildman–Crippen LogP) is 0.778. The lowest BCUT2D eigenvalue weighted by Gasteiger charge is -2.05. The first-order chi connectivity index (χ1) is 8.72. The number of nitrogens with zero attached hydrogens (tertiary/aromatic N) is 1. The minimum Gasteiger partial charge on any atom is -0.350 e. The second-order valence-corrected chi connectivity index (χ2v) is 4.59. The number of amides is 1. The number of nitrogens with two attached hydrogens (primary N) is 1. The quantitative estimate of drug-likeness (QED) is 0.771. The molecule has 4 nitrogen and oxygen atoms in total. The van der Waals surface area contributed by atoms with Gasteiger partial charge in [-0.3, -0.25) is 4.79 Å². The van der Waals surface area contributed by atoms with Crippen LogP contribution < -0.4 is 11.1 Å². The van der Waals surface area contributed by atoms with E-state index in [0.717, 1.165) is 12.5 Å². The lowest BCUT2D eigenvalue weighted by Crippen LogP contribution is -2.27. The van der Waals surface area contributed by atoms with Gasteiger partial charge in [-0.2, -0.15) is 0 Å². The maximum absolute atomic E-state index is 12.0. The molecule has 0 bridgehead atoms. The minimum absolute atomic E-state index is 0.156. The summed E-state index contributed by atoms with van der Waals surface area (Å²) in [7, 11) is 0. The normalized spacial score (nSPS) is 20.8. The number of nitrogens with one attached hydrogen (secondary N) is 1. The van der Waals surface area contributed by atoms with E-state index in [0.29, 0.717) is 17.2 Å². The van der Waals surface area contributed by atoms with Crippen molar-refractivity contribution in [3.05, 3.63) is 29.6 Å². The highest BCUT2D eigenvalue weighted by Crippen LogP contribution is 2.36. The molecule has 1 aliphatic rings. The average Bonchev–Trinajstić information content (AvgIpc) is 3.10. The van der Waals surface area contributed by atoms with Crippen LogP contribution in [-0.2, 0) is 0 Å². The number of aromatic nitrogens is 1. The van der Waals surface area contributed by atoms with E-state index in [1.165, 1.54) is 6.42 Å². The first-order valence-electron chi connectivity index (χ1n) is 6.14. The molecule has 0 radical (unpaired) electrons. The number of hydrogen-bond donors (Lipinski definition) is 2. The molecule has 0 aromatic carbocycles. The van der Waals surface area contributed by atoms with E-state index in [2.05, 4.69) is 29.1 Å². The van der Waals surface area contributed by atoms with Gasteiger partial charge in [0.25, 0.3) is 5.91 Å². The summed E-state index contributed by atoms with van der Waals surface area (Å²) in [6, 6.07) is 3.55. The van der Waals surface area contributed by atoms with Crippen molar-refractivity contribution in [2.24, 2.45) is 17.6 Å². The molecule has 3 N–H and O–H groups in total. The van der Waals surface area contributed by atoms with Crippen molar-refractivity contribution < 1.29 is 4.79 Å². The summed E-state index contributed by atoms with van der Waals surface area (Å²) in [5.74, 6) is 6.80. The fourth-order valence-electron chi connectivity index (χ4n) is 1.82. The third-order valence-electron chi connectivity index (χ3n) is 3.15. The molecule has 0 aliphatic heterocycles. The average molecular weight is 243 g/mol. The first kappa shape index (κ1) is 12.6. The van der Waals surface area contributed by atoms with Crippen molar-refractivity contribution in [3.63, 3.8) is 0 Å². The molecule has 1 heterocycles. The van der Waals surface area contributed by atoms with Gasteiger partial charge in [0, 0.05) is 12.7 Å². The van der Waals surface area contributed by atoms with E-state index in [4.69, 9.17) is 5.73 Å². The third kappa shape index (κ3) is 3.08. The summed E-state index contributed by atoms with van der Waals surface area (Å²) in [6.07, 6.45) is 2.80. The Kier molecular flexibility index (Phi) is 3.96. The Morgan fingerprint density at radius 3 is 3.11 bits per heavy atom. The Bertz CT molecular complexity index is 501. The highest BCUT2D eigenvalue weighted by Gasteiger charge is 2.32. The van der Waals surface area contributed by atoms with Crippen LogP contribution >= 0.6 is 0 Å². The van der Waals surface area contributed by atoms with Crippen LogP contribution in [0.2, 0.25) is 0 Å². The van der Waals surface area contributed by atoms with Gasteiger partial charge in [0.15, 0.2) is 0 Å². The zero-order valence-electron chi connectivity index (χ0n) is 10.4. The molecule has 2 atom stereocenters. The number of carbonyl (C=O) groups is 1. The highest BCUT2D eigenvalue weighted by molar-refractivity contribution is 5.94. The molecule has 1 fully saturated rings. The Balaban J connectivity index is 2.04. The molecule has 1 aliphatic carbocycles. The monoisotopic (exact) mass is 243 g/mol. The van der Waals surface area contributed by atoms with Crippen molar-refractivity contribution in [1.29, 1.82) is 0 Å². The van der Waals surface area contributed by atoms with Gasteiger partial charge in [0.1, 0.15) is 5.69 Å². The SMILES string of the molecule is CC1CC1CNC(=O)c1ncccc1C#CCN. The summed E-state index contributed by atoms with van der Waals surface area (Å²) in [5, 5.41) is 2.91. The maximum atomic E-state index is 12.0. The Morgan fingerprint density at radius 1 is 1.67 bits per heavy atom. The molecule has 94 valence electrons. The minimum atomic E-state index is -0.156. The van der Waals surface area contributed by atoms with Crippen molar-refractivity contribution in [3.8, 4) is 11.8 Å². The fraction of sp³-hybridized carbons (Fsp3) is 0.429. The van der Waals surface area contributed by atoms with Gasteiger partial charge in [-0.25, -0.2) is 4.98 Å². The second kappa shape index (κ2) is 5.65. The van der Waals surface area contributed by atoms with Crippen LogP contribution in [0, 0.1) is 23.7 Å². The van der Waals surface area contributed by atoms with E-state index < -0.39 is 0 Å². The molecule has 2 unspecified atom stereocenters. The lowest BCUT2D eigenvalue weighted by molar-refractivity contribution is 0.0946. The van der Waals surface area contributed by atoms with Gasteiger partial charge in [0.2, 0.25) is 0 Å². The lowest BCUT2D eigenvalue weighted by atomic mass is 10.2.